The number of hydrogen-bond acceptors (Lipinski definition) is 7. The van der Waals surface area contributed by atoms with Gasteiger partial charge in [-0.25, -0.2) is 4.99 Å². The van der Waals surface area contributed by atoms with Gasteiger partial charge in [0.1, 0.15) is 11.5 Å². The van der Waals surface area contributed by atoms with Crippen molar-refractivity contribution in [3.63, 3.8) is 0 Å². The van der Waals surface area contributed by atoms with Gasteiger partial charge in [-0.3, -0.25) is 4.79 Å². The molecule has 1 aliphatic rings. The maximum atomic E-state index is 14.5. The van der Waals surface area contributed by atoms with Crippen LogP contribution in [0.1, 0.15) is 34.8 Å². The van der Waals surface area contributed by atoms with Crippen LogP contribution >= 0.6 is 0 Å². The molecule has 10 heteroatoms. The number of amides is 1. The van der Waals surface area contributed by atoms with Gasteiger partial charge in [-0.05, 0) is 58.6 Å². The van der Waals surface area contributed by atoms with Gasteiger partial charge in [-0.1, -0.05) is 71.8 Å². The Morgan fingerprint density at radius 1 is 1.02 bits per heavy atom. The molecule has 1 aliphatic heterocycles. The van der Waals surface area contributed by atoms with Crippen molar-refractivity contribution < 1.29 is 24.1 Å². The molecule has 0 saturated heterocycles. The molecule has 4 aromatic rings. The highest BCUT2D eigenvalue weighted by Crippen LogP contribution is 2.44. The molecule has 5 rings (SSSR count). The van der Waals surface area contributed by atoms with Crippen molar-refractivity contribution in [2.45, 2.75) is 31.0 Å². The zero-order valence-electron chi connectivity index (χ0n) is 24.3. The van der Waals surface area contributed by atoms with Gasteiger partial charge in [0.15, 0.2) is 11.6 Å². The van der Waals surface area contributed by atoms with Crippen LogP contribution in [0.2, 0.25) is 0 Å². The van der Waals surface area contributed by atoms with Gasteiger partial charge < -0.3 is 24.6 Å². The third kappa shape index (κ3) is 6.83. The molecule has 4 aromatic carbocycles. The topological polar surface area (TPSA) is 138 Å². The van der Waals surface area contributed by atoms with E-state index in [-0.39, 0.29) is 31.4 Å². The quantitative estimate of drug-likeness (QED) is 0.0823. The van der Waals surface area contributed by atoms with Crippen LogP contribution in [0.25, 0.3) is 10.4 Å². The van der Waals surface area contributed by atoms with Crippen molar-refractivity contribution in [1.29, 1.82) is 0 Å². The van der Waals surface area contributed by atoms with E-state index in [9.17, 15) is 10.3 Å². The van der Waals surface area contributed by atoms with Crippen molar-refractivity contribution in [3.05, 3.63) is 136 Å². The van der Waals surface area contributed by atoms with Crippen molar-refractivity contribution in [2.24, 2.45) is 10.1 Å². The van der Waals surface area contributed by atoms with Gasteiger partial charge in [-0.15, -0.1) is 0 Å². The third-order valence-corrected chi connectivity index (χ3v) is 7.33. The summed E-state index contributed by atoms with van der Waals surface area (Å²) >= 11 is 0. The largest absolute Gasteiger partial charge is 0.497 e. The Bertz CT molecular complexity index is 1650. The molecule has 0 aromatic heterocycles. The minimum Gasteiger partial charge on any atom is -0.497 e. The molecule has 10 nitrogen and oxygen atoms in total. The summed E-state index contributed by atoms with van der Waals surface area (Å²) in [6.45, 7) is 0.723. The molecule has 224 valence electrons. The van der Waals surface area contributed by atoms with Gasteiger partial charge in [0.25, 0.3) is 5.91 Å². The van der Waals surface area contributed by atoms with Crippen LogP contribution in [0.3, 0.4) is 0 Å². The summed E-state index contributed by atoms with van der Waals surface area (Å²) in [5.74, 6) is 1.19. The van der Waals surface area contributed by atoms with Gasteiger partial charge in [0.05, 0.1) is 13.7 Å². The predicted octanol–water partition coefficient (Wildman–Crippen LogP) is 6.21. The summed E-state index contributed by atoms with van der Waals surface area (Å²) in [6, 6.07) is 31.4. The standard InChI is InChI=1S/C34H33N5O5/c1-42-29-13-7-12-26(21-29)31-34(22-27-11-5-6-14-30(27)38-39-35,33(41)36-23-24-9-3-2-4-10-24)37-32(44-31)25-15-17-28(18-16-25)43-20-8-19-40/h2-7,9-18,21,31,40H,8,19-20,22-23H2,1H3,(H,36,41)/t31-,34-/m1/s1. The Kier molecular flexibility index (Phi) is 9.76. The fraction of sp³-hybridized carbons (Fsp3) is 0.235. The van der Waals surface area contributed by atoms with E-state index >= 15 is 0 Å². The van der Waals surface area contributed by atoms with Gasteiger partial charge in [-0.2, -0.15) is 0 Å². The number of rotatable bonds is 13. The second-order valence-corrected chi connectivity index (χ2v) is 10.2. The molecule has 0 aliphatic carbocycles. The van der Waals surface area contributed by atoms with E-state index in [0.29, 0.717) is 46.9 Å². The number of benzene rings is 4. The molecule has 0 spiro atoms. The number of carbonyl (C=O) groups excluding carboxylic acids is 1. The molecule has 1 heterocycles. The Morgan fingerprint density at radius 2 is 1.80 bits per heavy atom. The molecule has 1 amide bonds. The lowest BCUT2D eigenvalue weighted by atomic mass is 9.81. The number of methoxy groups -OCH3 is 1. The Hall–Kier alpha value is -5.31. The smallest absolute Gasteiger partial charge is 0.252 e. The Morgan fingerprint density at radius 3 is 2.55 bits per heavy atom. The maximum Gasteiger partial charge on any atom is 0.252 e. The first kappa shape index (κ1) is 30.2. The van der Waals surface area contributed by atoms with E-state index in [1.165, 1.54) is 0 Å². The Balaban J connectivity index is 1.61. The van der Waals surface area contributed by atoms with Crippen molar-refractivity contribution in [1.82, 2.24) is 5.32 Å². The molecule has 2 atom stereocenters. The fourth-order valence-corrected chi connectivity index (χ4v) is 5.11. The molecular weight excluding hydrogens is 558 g/mol. The minimum absolute atomic E-state index is 0.0472. The predicted molar refractivity (Wildman–Crippen MR) is 167 cm³/mol. The van der Waals surface area contributed by atoms with Crippen LogP contribution in [-0.2, 0) is 22.5 Å². The normalized spacial score (nSPS) is 17.1. The molecule has 0 unspecified atom stereocenters. The van der Waals surface area contributed by atoms with E-state index in [0.717, 1.165) is 5.56 Å². The lowest BCUT2D eigenvalue weighted by molar-refractivity contribution is -0.129. The number of nitrogens with zero attached hydrogens (tertiary/aromatic N) is 4. The number of nitrogens with one attached hydrogen (secondary N) is 1. The van der Waals surface area contributed by atoms with Crippen LogP contribution < -0.4 is 14.8 Å². The lowest BCUT2D eigenvalue weighted by Crippen LogP contribution is -2.49. The number of aliphatic hydroxyl groups excluding tert-OH is 1. The average molecular weight is 592 g/mol. The van der Waals surface area contributed by atoms with E-state index < -0.39 is 11.6 Å². The summed E-state index contributed by atoms with van der Waals surface area (Å²) < 4.78 is 17.8. The first-order valence-electron chi connectivity index (χ1n) is 14.3. The highest BCUT2D eigenvalue weighted by molar-refractivity contribution is 6.01. The van der Waals surface area contributed by atoms with Crippen molar-refractivity contribution in [3.8, 4) is 11.5 Å². The number of hydrogen-bond donors (Lipinski definition) is 2. The lowest BCUT2D eigenvalue weighted by Gasteiger charge is -2.31. The van der Waals surface area contributed by atoms with Gasteiger partial charge in [0, 0.05) is 42.2 Å². The fourth-order valence-electron chi connectivity index (χ4n) is 5.11. The number of ether oxygens (including phenoxy) is 3. The average Bonchev–Trinajstić information content (AvgIpc) is 3.46. The van der Waals surface area contributed by atoms with Gasteiger partial charge in [0.2, 0.25) is 5.90 Å². The molecule has 0 bridgehead atoms. The highest BCUT2D eigenvalue weighted by Gasteiger charge is 2.53. The van der Waals surface area contributed by atoms with E-state index in [4.69, 9.17) is 24.3 Å². The molecular formula is C34H33N5O5. The van der Waals surface area contributed by atoms with E-state index in [1.54, 1.807) is 31.4 Å². The third-order valence-electron chi connectivity index (χ3n) is 7.33. The first-order valence-corrected chi connectivity index (χ1v) is 14.3. The summed E-state index contributed by atoms with van der Waals surface area (Å²) in [7, 11) is 1.58. The maximum absolute atomic E-state index is 14.5. The summed E-state index contributed by atoms with van der Waals surface area (Å²) in [5, 5.41) is 16.0. The summed E-state index contributed by atoms with van der Waals surface area (Å²) in [6.07, 6.45) is -0.225. The zero-order valence-corrected chi connectivity index (χ0v) is 24.3. The second kappa shape index (κ2) is 14.2. The first-order chi connectivity index (χ1) is 21.6. The van der Waals surface area contributed by atoms with Crippen molar-refractivity contribution in [2.75, 3.05) is 20.3 Å². The number of azide groups is 1. The minimum atomic E-state index is -1.48. The van der Waals surface area contributed by atoms with Gasteiger partial charge >= 0.3 is 0 Å². The second-order valence-electron chi connectivity index (χ2n) is 10.2. The zero-order chi connectivity index (χ0) is 30.8. The summed E-state index contributed by atoms with van der Waals surface area (Å²) in [4.78, 5) is 22.5. The summed E-state index contributed by atoms with van der Waals surface area (Å²) in [5.41, 5.74) is 11.1. The number of aliphatic hydroxyl groups is 1. The van der Waals surface area contributed by atoms with Crippen LogP contribution in [-0.4, -0.2) is 42.8 Å². The van der Waals surface area contributed by atoms with Crippen LogP contribution in [0.4, 0.5) is 5.69 Å². The monoisotopic (exact) mass is 591 g/mol. The molecule has 2 N–H and O–H groups in total. The van der Waals surface area contributed by atoms with Crippen LogP contribution in [0.5, 0.6) is 11.5 Å². The van der Waals surface area contributed by atoms with Crippen molar-refractivity contribution >= 4 is 17.5 Å². The SMILES string of the molecule is COc1cccc([C@H]2OC(c3ccc(OCCCO)cc3)=N[C@@]2(Cc2ccccc2N=[N+]=[N-])C(=O)NCc2ccccc2)c1. The highest BCUT2D eigenvalue weighted by atomic mass is 16.5. The van der Waals surface area contributed by atoms with E-state index in [2.05, 4.69) is 15.3 Å². The number of carbonyl (C=O) groups is 1. The Labute approximate surface area is 255 Å². The molecule has 0 radical (unpaired) electrons. The molecule has 44 heavy (non-hydrogen) atoms. The van der Waals surface area contributed by atoms with Crippen LogP contribution in [0.15, 0.2) is 113 Å². The molecule has 0 fully saturated rings. The van der Waals surface area contributed by atoms with Crippen LogP contribution in [0, 0.1) is 0 Å². The number of aliphatic imine (C=N–C) groups is 1. The van der Waals surface area contributed by atoms with E-state index in [1.807, 2.05) is 78.9 Å². The molecule has 0 saturated carbocycles.